The van der Waals surface area contributed by atoms with Crippen molar-refractivity contribution in [3.8, 4) is 5.75 Å². The van der Waals surface area contributed by atoms with Crippen LogP contribution in [-0.4, -0.2) is 35.4 Å². The van der Waals surface area contributed by atoms with Crippen LogP contribution in [0, 0.1) is 5.92 Å². The number of benzene rings is 1. The molecule has 2 rings (SSSR count). The van der Waals surface area contributed by atoms with E-state index < -0.39 is 30.6 Å². The largest absolute Gasteiger partial charge is 0.488 e. The molecule has 1 aromatic rings. The number of rotatable bonds is 6. The third-order valence-electron chi connectivity index (χ3n) is 4.19. The minimum absolute atomic E-state index is 0.0234. The Kier molecular flexibility index (Phi) is 5.59. The molecule has 0 radical (unpaired) electrons. The van der Waals surface area contributed by atoms with Crippen LogP contribution < -0.4 is 4.74 Å². The minimum Gasteiger partial charge on any atom is -0.488 e. The van der Waals surface area contributed by atoms with Gasteiger partial charge in [-0.25, -0.2) is 4.79 Å². The molecule has 0 heterocycles. The summed E-state index contributed by atoms with van der Waals surface area (Å²) in [4.78, 5) is 22.4. The molecule has 138 valence electrons. The van der Waals surface area contributed by atoms with Crippen molar-refractivity contribution in [1.29, 1.82) is 0 Å². The zero-order valence-electron chi connectivity index (χ0n) is 13.6. The first-order chi connectivity index (χ1) is 11.6. The summed E-state index contributed by atoms with van der Waals surface area (Å²) in [7, 11) is 0. The summed E-state index contributed by atoms with van der Waals surface area (Å²) in [6.45, 7) is 0.735. The van der Waals surface area contributed by atoms with Crippen molar-refractivity contribution in [2.75, 3.05) is 6.61 Å². The average molecular weight is 360 g/mol. The highest BCUT2D eigenvalue weighted by Gasteiger charge is 2.46. The number of hydrogen-bond donors (Lipinski definition) is 1. The Balaban J connectivity index is 1.95. The molecule has 0 spiro atoms. The van der Waals surface area contributed by atoms with Crippen LogP contribution in [0.4, 0.5) is 13.2 Å². The van der Waals surface area contributed by atoms with E-state index in [1.807, 2.05) is 6.92 Å². The van der Waals surface area contributed by atoms with Crippen molar-refractivity contribution < 1.29 is 37.3 Å². The van der Waals surface area contributed by atoms with Crippen LogP contribution in [0.2, 0.25) is 0 Å². The van der Waals surface area contributed by atoms with Gasteiger partial charge in [-0.05, 0) is 56.9 Å². The monoisotopic (exact) mass is 360 g/mol. The van der Waals surface area contributed by atoms with E-state index in [9.17, 15) is 22.8 Å². The first-order valence-electron chi connectivity index (χ1n) is 7.86. The maximum atomic E-state index is 12.5. The van der Waals surface area contributed by atoms with Gasteiger partial charge in [0.25, 0.3) is 0 Å². The molecule has 1 aliphatic carbocycles. The maximum Gasteiger partial charge on any atom is 0.405 e. The summed E-state index contributed by atoms with van der Waals surface area (Å²) in [5.74, 6) is -5.30. The molecule has 1 atom stereocenters. The van der Waals surface area contributed by atoms with E-state index in [1.165, 1.54) is 12.1 Å². The molecule has 0 amide bonds. The maximum absolute atomic E-state index is 12.5. The first kappa shape index (κ1) is 19.1. The number of carbonyl (C=O) groups is 2. The molecule has 1 aromatic carbocycles. The highest BCUT2D eigenvalue weighted by Crippen LogP contribution is 2.34. The second-order valence-corrected chi connectivity index (χ2v) is 6.31. The molecular weight excluding hydrogens is 341 g/mol. The highest BCUT2D eigenvalue weighted by molar-refractivity contribution is 5.89. The second-order valence-electron chi connectivity index (χ2n) is 6.31. The van der Waals surface area contributed by atoms with E-state index in [0.29, 0.717) is 5.75 Å². The van der Waals surface area contributed by atoms with Crippen molar-refractivity contribution in [2.24, 2.45) is 5.92 Å². The Morgan fingerprint density at radius 3 is 2.24 bits per heavy atom. The van der Waals surface area contributed by atoms with Crippen molar-refractivity contribution in [3.63, 3.8) is 0 Å². The van der Waals surface area contributed by atoms with Crippen LogP contribution in [0.5, 0.6) is 5.75 Å². The first-order valence-corrected chi connectivity index (χ1v) is 7.86. The summed E-state index contributed by atoms with van der Waals surface area (Å²) in [5, 5.41) is 8.56. The van der Waals surface area contributed by atoms with Crippen molar-refractivity contribution >= 4 is 11.9 Å². The lowest BCUT2D eigenvalue weighted by molar-refractivity contribution is -0.199. The lowest BCUT2D eigenvalue weighted by Gasteiger charge is -2.25. The molecule has 1 unspecified atom stereocenters. The van der Waals surface area contributed by atoms with Gasteiger partial charge in [0.1, 0.15) is 18.0 Å². The Labute approximate surface area is 142 Å². The Morgan fingerprint density at radius 2 is 1.76 bits per heavy atom. The summed E-state index contributed by atoms with van der Waals surface area (Å²) in [5.41, 5.74) is -0.223. The zero-order valence-corrected chi connectivity index (χ0v) is 13.6. The minimum atomic E-state index is -4.99. The number of alkyl halides is 3. The van der Waals surface area contributed by atoms with E-state index in [-0.39, 0.29) is 11.2 Å². The van der Waals surface area contributed by atoms with Gasteiger partial charge in [-0.1, -0.05) is 0 Å². The van der Waals surface area contributed by atoms with Gasteiger partial charge in [0.15, 0.2) is 5.92 Å². The Morgan fingerprint density at radius 1 is 1.20 bits per heavy atom. The average Bonchev–Trinajstić information content (AvgIpc) is 2.92. The normalized spacial score (nSPS) is 17.8. The van der Waals surface area contributed by atoms with Gasteiger partial charge in [-0.15, -0.1) is 0 Å². The fourth-order valence-electron chi connectivity index (χ4n) is 2.72. The van der Waals surface area contributed by atoms with Gasteiger partial charge in [-0.3, -0.25) is 4.79 Å². The van der Waals surface area contributed by atoms with E-state index in [1.54, 1.807) is 12.1 Å². The van der Waals surface area contributed by atoms with Gasteiger partial charge in [0.2, 0.25) is 0 Å². The summed E-state index contributed by atoms with van der Waals surface area (Å²) in [6, 6.07) is 5.83. The SMILES string of the molecule is CC1(Oc2ccc(C(=O)OCC(C(=O)O)C(F)(F)F)cc2)CCCC1. The van der Waals surface area contributed by atoms with Crippen LogP contribution in [0.3, 0.4) is 0 Å². The van der Waals surface area contributed by atoms with Crippen molar-refractivity contribution in [1.82, 2.24) is 0 Å². The number of esters is 1. The number of carbonyl (C=O) groups excluding carboxylic acids is 1. The smallest absolute Gasteiger partial charge is 0.405 e. The molecule has 5 nitrogen and oxygen atoms in total. The predicted octanol–water partition coefficient (Wildman–Crippen LogP) is 3.82. The van der Waals surface area contributed by atoms with Crippen LogP contribution in [-0.2, 0) is 9.53 Å². The topological polar surface area (TPSA) is 72.8 Å². The van der Waals surface area contributed by atoms with Crippen LogP contribution >= 0.6 is 0 Å². The molecular formula is C17H19F3O5. The van der Waals surface area contributed by atoms with Gasteiger partial charge >= 0.3 is 18.1 Å². The van der Waals surface area contributed by atoms with E-state index in [4.69, 9.17) is 9.84 Å². The van der Waals surface area contributed by atoms with E-state index >= 15 is 0 Å². The predicted molar refractivity (Wildman–Crippen MR) is 81.4 cm³/mol. The van der Waals surface area contributed by atoms with E-state index in [0.717, 1.165) is 25.7 Å². The number of halogens is 3. The number of hydrogen-bond acceptors (Lipinski definition) is 4. The number of aliphatic carboxylic acids is 1. The van der Waals surface area contributed by atoms with Gasteiger partial charge in [-0.2, -0.15) is 13.2 Å². The molecule has 0 aromatic heterocycles. The number of carboxylic acid groups (broad SMARTS) is 1. The third-order valence-corrected chi connectivity index (χ3v) is 4.19. The standard InChI is InChI=1S/C17H19F3O5/c1-16(8-2-3-9-16)25-12-6-4-11(5-7-12)15(23)24-10-13(14(21)22)17(18,19)20/h4-7,13H,2-3,8-10H2,1H3,(H,21,22). The lowest BCUT2D eigenvalue weighted by atomic mass is 10.1. The fourth-order valence-corrected chi connectivity index (χ4v) is 2.72. The molecule has 1 fully saturated rings. The summed E-state index contributed by atoms with van der Waals surface area (Å²) in [6.07, 6.45) is -0.939. The van der Waals surface area contributed by atoms with Gasteiger partial charge < -0.3 is 14.6 Å². The molecule has 1 aliphatic rings. The third kappa shape index (κ3) is 5.11. The molecule has 25 heavy (non-hydrogen) atoms. The molecule has 8 heteroatoms. The van der Waals surface area contributed by atoms with Crippen LogP contribution in [0.1, 0.15) is 43.0 Å². The van der Waals surface area contributed by atoms with E-state index in [2.05, 4.69) is 4.74 Å². The number of ether oxygens (including phenoxy) is 2. The van der Waals surface area contributed by atoms with Gasteiger partial charge in [0, 0.05) is 0 Å². The molecule has 1 N–H and O–H groups in total. The zero-order chi connectivity index (χ0) is 18.7. The summed E-state index contributed by atoms with van der Waals surface area (Å²) >= 11 is 0. The second kappa shape index (κ2) is 7.33. The van der Waals surface area contributed by atoms with Crippen molar-refractivity contribution in [2.45, 2.75) is 44.4 Å². The quantitative estimate of drug-likeness (QED) is 0.781. The lowest BCUT2D eigenvalue weighted by Crippen LogP contribution is -2.35. The van der Waals surface area contributed by atoms with Crippen molar-refractivity contribution in [3.05, 3.63) is 29.8 Å². The van der Waals surface area contributed by atoms with Crippen LogP contribution in [0.15, 0.2) is 24.3 Å². The Hall–Kier alpha value is -2.25. The van der Waals surface area contributed by atoms with Gasteiger partial charge in [0.05, 0.1) is 5.56 Å². The summed E-state index contributed by atoms with van der Waals surface area (Å²) < 4.78 is 47.9. The number of carboxylic acids is 1. The molecule has 0 saturated heterocycles. The highest BCUT2D eigenvalue weighted by atomic mass is 19.4. The fraction of sp³-hybridized carbons (Fsp3) is 0.529. The molecule has 0 bridgehead atoms. The molecule has 1 saturated carbocycles. The molecule has 0 aliphatic heterocycles. The Bertz CT molecular complexity index is 618. The van der Waals surface area contributed by atoms with Crippen LogP contribution in [0.25, 0.3) is 0 Å².